The van der Waals surface area contributed by atoms with E-state index in [0.29, 0.717) is 23.3 Å². The van der Waals surface area contributed by atoms with Gasteiger partial charge in [0.2, 0.25) is 0 Å². The van der Waals surface area contributed by atoms with Crippen LogP contribution >= 0.6 is 11.6 Å². The molecule has 0 unspecified atom stereocenters. The maximum Gasteiger partial charge on any atom is 0.257 e. The Kier molecular flexibility index (Phi) is 3.54. The highest BCUT2D eigenvalue weighted by atomic mass is 35.5. The van der Waals surface area contributed by atoms with E-state index in [-0.39, 0.29) is 0 Å². The van der Waals surface area contributed by atoms with Crippen molar-refractivity contribution in [1.82, 2.24) is 10.1 Å². The summed E-state index contributed by atoms with van der Waals surface area (Å²) in [6, 6.07) is 7.33. The lowest BCUT2D eigenvalue weighted by Gasteiger charge is -1.93. The van der Waals surface area contributed by atoms with Crippen molar-refractivity contribution < 1.29 is 4.52 Å². The van der Waals surface area contributed by atoms with E-state index >= 15 is 0 Å². The van der Waals surface area contributed by atoms with Gasteiger partial charge >= 0.3 is 0 Å². The third-order valence-electron chi connectivity index (χ3n) is 2.14. The molecular weight excluding hydrogens is 226 g/mol. The number of nitrogens with zero attached hydrogens (tertiary/aromatic N) is 2. The van der Waals surface area contributed by atoms with Crippen molar-refractivity contribution in [2.75, 3.05) is 6.54 Å². The Morgan fingerprint density at radius 1 is 1.38 bits per heavy atom. The molecule has 0 amide bonds. The van der Waals surface area contributed by atoms with E-state index in [4.69, 9.17) is 21.9 Å². The second kappa shape index (κ2) is 5.09. The first-order chi connectivity index (χ1) is 7.79. The second-order valence-electron chi connectivity index (χ2n) is 3.42. The first-order valence-electron chi connectivity index (χ1n) is 5.08. The molecule has 4 nitrogen and oxygen atoms in total. The Labute approximate surface area is 98.4 Å². The van der Waals surface area contributed by atoms with Crippen LogP contribution in [-0.2, 0) is 6.42 Å². The molecule has 0 bridgehead atoms. The van der Waals surface area contributed by atoms with Gasteiger partial charge in [0.15, 0.2) is 5.82 Å². The Morgan fingerprint density at radius 2 is 2.25 bits per heavy atom. The van der Waals surface area contributed by atoms with Gasteiger partial charge < -0.3 is 10.3 Å². The minimum absolute atomic E-state index is 0.495. The monoisotopic (exact) mass is 237 g/mol. The third-order valence-corrected chi connectivity index (χ3v) is 2.38. The minimum atomic E-state index is 0.495. The first-order valence-corrected chi connectivity index (χ1v) is 5.46. The van der Waals surface area contributed by atoms with Crippen LogP contribution in [0.3, 0.4) is 0 Å². The van der Waals surface area contributed by atoms with Gasteiger partial charge in [0.25, 0.3) is 5.89 Å². The third kappa shape index (κ3) is 2.59. The van der Waals surface area contributed by atoms with Gasteiger partial charge in [0.05, 0.1) is 0 Å². The molecule has 1 aromatic carbocycles. The standard InChI is InChI=1S/C11H12ClN3O/c12-9-4-1-3-8(7-9)11-14-10(15-16-11)5-2-6-13/h1,3-4,7H,2,5-6,13H2. The van der Waals surface area contributed by atoms with E-state index in [9.17, 15) is 0 Å². The summed E-state index contributed by atoms with van der Waals surface area (Å²) in [6.45, 7) is 0.626. The molecule has 2 aromatic rings. The minimum Gasteiger partial charge on any atom is -0.334 e. The summed E-state index contributed by atoms with van der Waals surface area (Å²) in [4.78, 5) is 4.27. The maximum absolute atomic E-state index is 5.88. The lowest BCUT2D eigenvalue weighted by atomic mass is 10.2. The van der Waals surface area contributed by atoms with Crippen LogP contribution in [0.2, 0.25) is 5.02 Å². The van der Waals surface area contributed by atoms with Crippen molar-refractivity contribution in [3.8, 4) is 11.5 Å². The quantitative estimate of drug-likeness (QED) is 0.886. The molecule has 0 aliphatic carbocycles. The lowest BCUT2D eigenvalue weighted by Crippen LogP contribution is -2.01. The Bertz CT molecular complexity index is 470. The van der Waals surface area contributed by atoms with Crippen LogP contribution in [0.4, 0.5) is 0 Å². The van der Waals surface area contributed by atoms with E-state index < -0.39 is 0 Å². The van der Waals surface area contributed by atoms with E-state index in [1.54, 1.807) is 12.1 Å². The number of aryl methyl sites for hydroxylation is 1. The average molecular weight is 238 g/mol. The summed E-state index contributed by atoms with van der Waals surface area (Å²) in [6.07, 6.45) is 1.59. The first kappa shape index (κ1) is 11.1. The predicted octanol–water partition coefficient (Wildman–Crippen LogP) is 2.28. The van der Waals surface area contributed by atoms with Crippen LogP contribution in [0.5, 0.6) is 0 Å². The Balaban J connectivity index is 2.18. The molecule has 2 N–H and O–H groups in total. The molecule has 0 radical (unpaired) electrons. The molecule has 0 saturated carbocycles. The average Bonchev–Trinajstić information content (AvgIpc) is 2.75. The number of rotatable bonds is 4. The fraction of sp³-hybridized carbons (Fsp3) is 0.273. The molecule has 0 aliphatic heterocycles. The molecule has 0 aliphatic rings. The number of hydrogen-bond donors (Lipinski definition) is 1. The zero-order valence-electron chi connectivity index (χ0n) is 8.69. The fourth-order valence-corrected chi connectivity index (χ4v) is 1.54. The zero-order valence-corrected chi connectivity index (χ0v) is 9.44. The molecule has 1 aromatic heterocycles. The predicted molar refractivity (Wildman–Crippen MR) is 62.1 cm³/mol. The van der Waals surface area contributed by atoms with Crippen LogP contribution in [0, 0.1) is 0 Å². The number of aromatic nitrogens is 2. The van der Waals surface area contributed by atoms with Crippen LogP contribution in [0.1, 0.15) is 12.2 Å². The van der Waals surface area contributed by atoms with Crippen molar-refractivity contribution >= 4 is 11.6 Å². The van der Waals surface area contributed by atoms with Gasteiger partial charge in [-0.05, 0) is 31.2 Å². The van der Waals surface area contributed by atoms with Crippen molar-refractivity contribution in [3.05, 3.63) is 35.1 Å². The second-order valence-corrected chi connectivity index (χ2v) is 3.85. The van der Waals surface area contributed by atoms with E-state index in [1.165, 1.54) is 0 Å². The Hall–Kier alpha value is -1.39. The van der Waals surface area contributed by atoms with E-state index in [0.717, 1.165) is 18.4 Å². The Morgan fingerprint density at radius 3 is 3.00 bits per heavy atom. The van der Waals surface area contributed by atoms with Crippen LogP contribution in [0.25, 0.3) is 11.5 Å². The SMILES string of the molecule is NCCCc1noc(-c2cccc(Cl)c2)n1. The highest BCUT2D eigenvalue weighted by molar-refractivity contribution is 6.30. The summed E-state index contributed by atoms with van der Waals surface area (Å²) < 4.78 is 5.14. The van der Waals surface area contributed by atoms with E-state index in [1.807, 2.05) is 12.1 Å². The largest absolute Gasteiger partial charge is 0.334 e. The van der Waals surface area contributed by atoms with Gasteiger partial charge in [-0.3, -0.25) is 0 Å². The van der Waals surface area contributed by atoms with Gasteiger partial charge in [-0.25, -0.2) is 0 Å². The topological polar surface area (TPSA) is 64.9 Å². The smallest absolute Gasteiger partial charge is 0.257 e. The van der Waals surface area contributed by atoms with Gasteiger partial charge in [0.1, 0.15) is 0 Å². The fourth-order valence-electron chi connectivity index (χ4n) is 1.35. The highest BCUT2D eigenvalue weighted by Crippen LogP contribution is 2.20. The van der Waals surface area contributed by atoms with Gasteiger partial charge in [-0.15, -0.1) is 0 Å². The zero-order chi connectivity index (χ0) is 11.4. The van der Waals surface area contributed by atoms with Crippen molar-refractivity contribution in [3.63, 3.8) is 0 Å². The summed E-state index contributed by atoms with van der Waals surface area (Å²) in [5.74, 6) is 1.18. The number of nitrogens with two attached hydrogens (primary N) is 1. The summed E-state index contributed by atoms with van der Waals surface area (Å²) in [7, 11) is 0. The molecule has 0 saturated heterocycles. The van der Waals surface area contributed by atoms with Crippen LogP contribution in [0.15, 0.2) is 28.8 Å². The van der Waals surface area contributed by atoms with Gasteiger partial charge in [0, 0.05) is 17.0 Å². The molecule has 0 atom stereocenters. The molecule has 2 rings (SSSR count). The maximum atomic E-state index is 5.88. The van der Waals surface area contributed by atoms with Gasteiger partial charge in [-0.1, -0.05) is 22.8 Å². The summed E-state index contributed by atoms with van der Waals surface area (Å²) in [5.41, 5.74) is 6.24. The molecular formula is C11H12ClN3O. The molecule has 0 spiro atoms. The molecule has 5 heteroatoms. The normalized spacial score (nSPS) is 10.6. The lowest BCUT2D eigenvalue weighted by molar-refractivity contribution is 0.422. The number of benzene rings is 1. The van der Waals surface area contributed by atoms with Crippen molar-refractivity contribution in [2.45, 2.75) is 12.8 Å². The molecule has 84 valence electrons. The van der Waals surface area contributed by atoms with Crippen molar-refractivity contribution in [2.24, 2.45) is 5.73 Å². The molecule has 0 fully saturated rings. The number of hydrogen-bond acceptors (Lipinski definition) is 4. The van der Waals surface area contributed by atoms with E-state index in [2.05, 4.69) is 10.1 Å². The van der Waals surface area contributed by atoms with Crippen molar-refractivity contribution in [1.29, 1.82) is 0 Å². The summed E-state index contributed by atoms with van der Waals surface area (Å²) in [5, 5.41) is 4.53. The van der Waals surface area contributed by atoms with Gasteiger partial charge in [-0.2, -0.15) is 4.98 Å². The molecule has 16 heavy (non-hydrogen) atoms. The van der Waals surface area contributed by atoms with Crippen LogP contribution < -0.4 is 5.73 Å². The van der Waals surface area contributed by atoms with Crippen LogP contribution in [-0.4, -0.2) is 16.7 Å². The molecule has 1 heterocycles. The summed E-state index contributed by atoms with van der Waals surface area (Å²) >= 11 is 5.88. The highest BCUT2D eigenvalue weighted by Gasteiger charge is 2.08. The number of halogens is 1.